The largest absolute Gasteiger partial charge is 0.391 e. The number of benzene rings is 1. The highest BCUT2D eigenvalue weighted by molar-refractivity contribution is 7.89. The van der Waals surface area contributed by atoms with Crippen LogP contribution in [-0.4, -0.2) is 32.7 Å². The van der Waals surface area contributed by atoms with Crippen molar-refractivity contribution in [1.82, 2.24) is 4.72 Å². The summed E-state index contributed by atoms with van der Waals surface area (Å²) in [5, 5.41) is 12.9. The molecule has 0 aliphatic carbocycles. The van der Waals surface area contributed by atoms with E-state index in [1.165, 1.54) is 0 Å². The van der Waals surface area contributed by atoms with Crippen LogP contribution < -0.4 is 10.0 Å². The van der Waals surface area contributed by atoms with E-state index in [9.17, 15) is 13.5 Å². The third kappa shape index (κ3) is 5.48. The maximum Gasteiger partial charge on any atom is 0.240 e. The first kappa shape index (κ1) is 16.9. The van der Waals surface area contributed by atoms with Gasteiger partial charge in [-0.2, -0.15) is 0 Å². The Labute approximate surface area is 121 Å². The second kappa shape index (κ2) is 7.61. The van der Waals surface area contributed by atoms with Gasteiger partial charge in [0.15, 0.2) is 0 Å². The highest BCUT2D eigenvalue weighted by Gasteiger charge is 2.12. The third-order valence-electron chi connectivity index (χ3n) is 2.78. The van der Waals surface area contributed by atoms with Crippen LogP contribution in [0.15, 0.2) is 29.2 Å². The van der Waals surface area contributed by atoms with Gasteiger partial charge in [-0.25, -0.2) is 13.1 Å². The van der Waals surface area contributed by atoms with E-state index in [0.717, 1.165) is 12.1 Å². The van der Waals surface area contributed by atoms with Gasteiger partial charge in [-0.05, 0) is 36.6 Å². The first-order chi connectivity index (χ1) is 9.35. The van der Waals surface area contributed by atoms with E-state index >= 15 is 0 Å². The minimum atomic E-state index is -3.40. The Morgan fingerprint density at radius 3 is 2.30 bits per heavy atom. The van der Waals surface area contributed by atoms with Crippen molar-refractivity contribution in [3.63, 3.8) is 0 Å². The van der Waals surface area contributed by atoms with Crippen molar-refractivity contribution < 1.29 is 13.5 Å². The van der Waals surface area contributed by atoms with Crippen LogP contribution >= 0.6 is 0 Å². The fraction of sp³-hybridized carbons (Fsp3) is 0.571. The molecule has 0 amide bonds. The van der Waals surface area contributed by atoms with Crippen molar-refractivity contribution in [3.05, 3.63) is 24.3 Å². The van der Waals surface area contributed by atoms with E-state index in [-0.39, 0.29) is 4.90 Å². The van der Waals surface area contributed by atoms with E-state index in [2.05, 4.69) is 23.9 Å². The smallest absolute Gasteiger partial charge is 0.240 e. The standard InChI is InChI=1S/C14H24N2O3S/c1-4-16-20(18,19)14-7-5-12(6-8-14)15-10-13(17)9-11(2)3/h5-8,11,13,15-17H,4,9-10H2,1-3H3. The molecule has 0 spiro atoms. The van der Waals surface area contributed by atoms with E-state index in [1.807, 2.05) is 0 Å². The lowest BCUT2D eigenvalue weighted by atomic mass is 10.1. The molecule has 0 aliphatic rings. The van der Waals surface area contributed by atoms with E-state index in [4.69, 9.17) is 0 Å². The van der Waals surface area contributed by atoms with Gasteiger partial charge in [-0.3, -0.25) is 0 Å². The molecule has 0 saturated carbocycles. The number of hydrogen-bond donors (Lipinski definition) is 3. The van der Waals surface area contributed by atoms with Crippen molar-refractivity contribution in [2.45, 2.75) is 38.2 Å². The Balaban J connectivity index is 2.59. The molecule has 1 atom stereocenters. The Kier molecular flexibility index (Phi) is 6.45. The first-order valence-corrected chi connectivity index (χ1v) is 8.35. The molecule has 0 aromatic heterocycles. The second-order valence-corrected chi connectivity index (χ2v) is 6.96. The molecule has 0 bridgehead atoms. The first-order valence-electron chi connectivity index (χ1n) is 6.86. The Bertz CT molecular complexity index is 498. The lowest BCUT2D eigenvalue weighted by Crippen LogP contribution is -2.23. The summed E-state index contributed by atoms with van der Waals surface area (Å²) in [5.74, 6) is 0.444. The van der Waals surface area contributed by atoms with Crippen LogP contribution in [0.3, 0.4) is 0 Å². The molecule has 20 heavy (non-hydrogen) atoms. The zero-order valence-electron chi connectivity index (χ0n) is 12.3. The summed E-state index contributed by atoms with van der Waals surface area (Å²) in [7, 11) is -3.40. The molecule has 1 aromatic carbocycles. The molecule has 0 fully saturated rings. The number of anilines is 1. The van der Waals surface area contributed by atoms with Gasteiger partial charge in [0.1, 0.15) is 0 Å². The number of hydrogen-bond acceptors (Lipinski definition) is 4. The molecule has 0 heterocycles. The zero-order valence-corrected chi connectivity index (χ0v) is 13.1. The summed E-state index contributed by atoms with van der Waals surface area (Å²) < 4.78 is 26.0. The molecule has 1 rings (SSSR count). The number of rotatable bonds is 8. The van der Waals surface area contributed by atoms with Crippen LogP contribution in [-0.2, 0) is 10.0 Å². The summed E-state index contributed by atoms with van der Waals surface area (Å²) in [6.45, 7) is 6.68. The Morgan fingerprint density at radius 1 is 1.20 bits per heavy atom. The summed E-state index contributed by atoms with van der Waals surface area (Å²) in [6, 6.07) is 6.50. The summed E-state index contributed by atoms with van der Waals surface area (Å²) >= 11 is 0. The molecule has 114 valence electrons. The van der Waals surface area contributed by atoms with E-state index in [0.29, 0.717) is 19.0 Å². The van der Waals surface area contributed by atoms with Crippen LogP contribution in [0.2, 0.25) is 0 Å². The molecule has 0 aliphatic heterocycles. The second-order valence-electron chi connectivity index (χ2n) is 5.19. The number of aliphatic hydroxyl groups is 1. The normalized spacial score (nSPS) is 13.4. The maximum atomic E-state index is 11.8. The minimum absolute atomic E-state index is 0.243. The topological polar surface area (TPSA) is 78.4 Å². The maximum absolute atomic E-state index is 11.8. The minimum Gasteiger partial charge on any atom is -0.391 e. The van der Waals surface area contributed by atoms with Gasteiger partial charge in [0.2, 0.25) is 10.0 Å². The van der Waals surface area contributed by atoms with E-state index in [1.54, 1.807) is 31.2 Å². The van der Waals surface area contributed by atoms with Gasteiger partial charge < -0.3 is 10.4 Å². The van der Waals surface area contributed by atoms with E-state index < -0.39 is 16.1 Å². The van der Waals surface area contributed by atoms with Crippen LogP contribution in [0.1, 0.15) is 27.2 Å². The number of sulfonamides is 1. The molecular weight excluding hydrogens is 276 g/mol. The van der Waals surface area contributed by atoms with Crippen LogP contribution in [0.4, 0.5) is 5.69 Å². The molecular formula is C14H24N2O3S. The van der Waals surface area contributed by atoms with Gasteiger partial charge in [-0.15, -0.1) is 0 Å². The molecule has 5 nitrogen and oxygen atoms in total. The molecule has 1 unspecified atom stereocenters. The molecule has 3 N–H and O–H groups in total. The highest BCUT2D eigenvalue weighted by Crippen LogP contribution is 2.14. The molecule has 0 saturated heterocycles. The fourth-order valence-corrected chi connectivity index (χ4v) is 2.93. The predicted octanol–water partition coefficient (Wildman–Crippen LogP) is 1.80. The lowest BCUT2D eigenvalue weighted by molar-refractivity contribution is 0.161. The quantitative estimate of drug-likeness (QED) is 0.684. The van der Waals surface area contributed by atoms with Crippen molar-refractivity contribution in [2.24, 2.45) is 5.92 Å². The lowest BCUT2D eigenvalue weighted by Gasteiger charge is -2.15. The SMILES string of the molecule is CCNS(=O)(=O)c1ccc(NCC(O)CC(C)C)cc1. The van der Waals surface area contributed by atoms with Crippen molar-refractivity contribution >= 4 is 15.7 Å². The van der Waals surface area contributed by atoms with Crippen molar-refractivity contribution in [1.29, 1.82) is 0 Å². The fourth-order valence-electron chi connectivity index (χ4n) is 1.89. The molecule has 0 radical (unpaired) electrons. The average Bonchev–Trinajstić information content (AvgIpc) is 2.36. The summed E-state index contributed by atoms with van der Waals surface area (Å²) in [6.07, 6.45) is 0.333. The average molecular weight is 300 g/mol. The number of aliphatic hydroxyl groups excluding tert-OH is 1. The van der Waals surface area contributed by atoms with Crippen molar-refractivity contribution in [3.8, 4) is 0 Å². The zero-order chi connectivity index (χ0) is 15.2. The Morgan fingerprint density at radius 2 is 1.80 bits per heavy atom. The van der Waals surface area contributed by atoms with Gasteiger partial charge in [0, 0.05) is 18.8 Å². The van der Waals surface area contributed by atoms with Crippen molar-refractivity contribution in [2.75, 3.05) is 18.4 Å². The van der Waals surface area contributed by atoms with Crippen LogP contribution in [0.25, 0.3) is 0 Å². The Hall–Kier alpha value is -1.11. The molecule has 1 aromatic rings. The van der Waals surface area contributed by atoms with Gasteiger partial charge in [-0.1, -0.05) is 20.8 Å². The third-order valence-corrected chi connectivity index (χ3v) is 4.35. The molecule has 6 heteroatoms. The van der Waals surface area contributed by atoms with Gasteiger partial charge >= 0.3 is 0 Å². The van der Waals surface area contributed by atoms with Gasteiger partial charge in [0.25, 0.3) is 0 Å². The predicted molar refractivity (Wildman–Crippen MR) is 81.3 cm³/mol. The summed E-state index contributed by atoms with van der Waals surface area (Å²) in [5.41, 5.74) is 0.795. The monoisotopic (exact) mass is 300 g/mol. The van der Waals surface area contributed by atoms with Crippen LogP contribution in [0, 0.1) is 5.92 Å². The van der Waals surface area contributed by atoms with Crippen LogP contribution in [0.5, 0.6) is 0 Å². The number of nitrogens with one attached hydrogen (secondary N) is 2. The highest BCUT2D eigenvalue weighted by atomic mass is 32.2. The summed E-state index contributed by atoms with van der Waals surface area (Å²) in [4.78, 5) is 0.243. The van der Waals surface area contributed by atoms with Gasteiger partial charge in [0.05, 0.1) is 11.0 Å².